The molecule has 0 radical (unpaired) electrons. The number of benzene rings is 1. The van der Waals surface area contributed by atoms with Crippen molar-refractivity contribution in [1.82, 2.24) is 10.2 Å². The van der Waals surface area contributed by atoms with E-state index in [4.69, 9.17) is 9.84 Å². The maximum atomic E-state index is 13.5. The summed E-state index contributed by atoms with van der Waals surface area (Å²) in [6.45, 7) is 0. The van der Waals surface area contributed by atoms with Crippen molar-refractivity contribution in [2.45, 2.75) is 0 Å². The zero-order valence-electron chi connectivity index (χ0n) is 9.27. The molecule has 1 aromatic carbocycles. The molecule has 6 nitrogen and oxygen atoms in total. The number of aromatic amines is 1. The second-order valence-corrected chi connectivity index (χ2v) is 3.48. The molecule has 0 saturated heterocycles. The molecule has 3 N–H and O–H groups in total. The third-order valence-corrected chi connectivity index (χ3v) is 2.35. The third kappa shape index (κ3) is 1.97. The lowest BCUT2D eigenvalue weighted by Crippen LogP contribution is -1.95. The van der Waals surface area contributed by atoms with Gasteiger partial charge < -0.3 is 14.9 Å². The minimum Gasteiger partial charge on any atom is -0.507 e. The normalized spacial score (nSPS) is 10.3. The minimum atomic E-state index is -1.19. The summed E-state index contributed by atoms with van der Waals surface area (Å²) in [6, 6.07) is 3.32. The summed E-state index contributed by atoms with van der Waals surface area (Å²) in [6.07, 6.45) is 0. The van der Waals surface area contributed by atoms with Gasteiger partial charge in [-0.25, -0.2) is 9.18 Å². The number of nitrogens with zero attached hydrogens (tertiary/aromatic N) is 1. The quantitative estimate of drug-likeness (QED) is 0.771. The lowest BCUT2D eigenvalue weighted by Gasteiger charge is -2.05. The van der Waals surface area contributed by atoms with Gasteiger partial charge in [-0.1, -0.05) is 0 Å². The van der Waals surface area contributed by atoms with Crippen LogP contribution >= 0.6 is 0 Å². The van der Waals surface area contributed by atoms with Crippen LogP contribution in [0, 0.1) is 5.82 Å². The fourth-order valence-corrected chi connectivity index (χ4v) is 1.47. The second-order valence-electron chi connectivity index (χ2n) is 3.48. The summed E-state index contributed by atoms with van der Waals surface area (Å²) in [5.41, 5.74) is 0.0594. The van der Waals surface area contributed by atoms with E-state index in [1.807, 2.05) is 0 Å². The second kappa shape index (κ2) is 4.36. The molecule has 0 aliphatic carbocycles. The number of aromatic nitrogens is 2. The Morgan fingerprint density at radius 2 is 2.17 bits per heavy atom. The van der Waals surface area contributed by atoms with Gasteiger partial charge in [0, 0.05) is 11.6 Å². The number of ether oxygens (including phenoxy) is 1. The Morgan fingerprint density at radius 1 is 1.44 bits per heavy atom. The number of nitrogens with one attached hydrogen (secondary N) is 1. The Bertz CT molecular complexity index is 609. The lowest BCUT2D eigenvalue weighted by atomic mass is 10.1. The van der Waals surface area contributed by atoms with Gasteiger partial charge in [0.2, 0.25) is 0 Å². The monoisotopic (exact) mass is 252 g/mol. The van der Waals surface area contributed by atoms with Crippen LogP contribution in [0.5, 0.6) is 11.5 Å². The van der Waals surface area contributed by atoms with Crippen LogP contribution < -0.4 is 4.74 Å². The average molecular weight is 252 g/mol. The Morgan fingerprint density at radius 3 is 2.72 bits per heavy atom. The number of rotatable bonds is 3. The molecular weight excluding hydrogens is 243 g/mol. The van der Waals surface area contributed by atoms with E-state index >= 15 is 0 Å². The number of hydrogen-bond acceptors (Lipinski definition) is 4. The van der Waals surface area contributed by atoms with Gasteiger partial charge in [-0.05, 0) is 12.1 Å². The van der Waals surface area contributed by atoms with Gasteiger partial charge in [-0.3, -0.25) is 5.10 Å². The van der Waals surface area contributed by atoms with Crippen molar-refractivity contribution in [2.75, 3.05) is 7.11 Å². The largest absolute Gasteiger partial charge is 0.507 e. The van der Waals surface area contributed by atoms with Crippen molar-refractivity contribution < 1.29 is 24.1 Å². The zero-order valence-corrected chi connectivity index (χ0v) is 9.27. The molecule has 0 atom stereocenters. The number of phenols is 1. The molecule has 2 rings (SSSR count). The van der Waals surface area contributed by atoms with E-state index in [0.717, 1.165) is 12.1 Å². The summed E-state index contributed by atoms with van der Waals surface area (Å²) in [7, 11) is 1.27. The number of carboxylic acids is 1. The highest BCUT2D eigenvalue weighted by molar-refractivity contribution is 5.87. The SMILES string of the molecule is COc1cc(O)c(-c2cc(C(=O)O)[nH]n2)cc1F. The summed E-state index contributed by atoms with van der Waals surface area (Å²) in [5, 5.41) is 24.4. The number of hydrogen-bond donors (Lipinski definition) is 3. The number of carboxylic acid groups (broad SMARTS) is 1. The van der Waals surface area contributed by atoms with Crippen LogP contribution in [-0.4, -0.2) is 33.5 Å². The van der Waals surface area contributed by atoms with Crippen LogP contribution in [0.1, 0.15) is 10.5 Å². The van der Waals surface area contributed by atoms with Gasteiger partial charge in [-0.15, -0.1) is 0 Å². The number of aromatic carboxylic acids is 1. The van der Waals surface area contributed by atoms with Gasteiger partial charge in [0.1, 0.15) is 11.4 Å². The highest BCUT2D eigenvalue weighted by Crippen LogP contribution is 2.33. The predicted molar refractivity (Wildman–Crippen MR) is 59.2 cm³/mol. The molecule has 0 amide bonds. The molecule has 1 heterocycles. The molecule has 0 saturated carbocycles. The summed E-state index contributed by atoms with van der Waals surface area (Å²) >= 11 is 0. The van der Waals surface area contributed by atoms with Crippen molar-refractivity contribution >= 4 is 5.97 Å². The summed E-state index contributed by atoms with van der Waals surface area (Å²) < 4.78 is 18.2. The molecule has 7 heteroatoms. The molecule has 0 unspecified atom stereocenters. The highest BCUT2D eigenvalue weighted by atomic mass is 19.1. The molecule has 0 spiro atoms. The van der Waals surface area contributed by atoms with E-state index < -0.39 is 11.8 Å². The van der Waals surface area contributed by atoms with Gasteiger partial charge in [0.25, 0.3) is 0 Å². The van der Waals surface area contributed by atoms with Crippen LogP contribution in [-0.2, 0) is 0 Å². The van der Waals surface area contributed by atoms with Crippen LogP contribution in [0.4, 0.5) is 4.39 Å². The van der Waals surface area contributed by atoms with Gasteiger partial charge in [-0.2, -0.15) is 5.10 Å². The van der Waals surface area contributed by atoms with E-state index in [9.17, 15) is 14.3 Å². The van der Waals surface area contributed by atoms with E-state index in [1.54, 1.807) is 0 Å². The topological polar surface area (TPSA) is 95.4 Å². The fourth-order valence-electron chi connectivity index (χ4n) is 1.47. The molecule has 18 heavy (non-hydrogen) atoms. The average Bonchev–Trinajstić information content (AvgIpc) is 2.81. The van der Waals surface area contributed by atoms with E-state index in [0.29, 0.717) is 0 Å². The van der Waals surface area contributed by atoms with Gasteiger partial charge in [0.15, 0.2) is 11.6 Å². The number of phenolic OH excluding ortho intramolecular Hbond substituents is 1. The minimum absolute atomic E-state index is 0.0806. The molecule has 0 bridgehead atoms. The lowest BCUT2D eigenvalue weighted by molar-refractivity contribution is 0.0690. The summed E-state index contributed by atoms with van der Waals surface area (Å²) in [4.78, 5) is 10.7. The van der Waals surface area contributed by atoms with Crippen molar-refractivity contribution in [3.63, 3.8) is 0 Å². The number of carbonyl (C=O) groups is 1. The molecule has 1 aromatic heterocycles. The number of halogens is 1. The molecule has 0 aliphatic rings. The fraction of sp³-hybridized carbons (Fsp3) is 0.0909. The molecule has 94 valence electrons. The van der Waals surface area contributed by atoms with Crippen molar-refractivity contribution in [3.8, 4) is 22.8 Å². The predicted octanol–water partition coefficient (Wildman–Crippen LogP) is 1.63. The standard InChI is InChI=1S/C11H9FN2O4/c1-18-10-4-9(15)5(2-6(10)12)7-3-8(11(16)17)14-13-7/h2-4,15H,1H3,(H,13,14)(H,16,17). The van der Waals surface area contributed by atoms with E-state index in [1.165, 1.54) is 13.2 Å². The smallest absolute Gasteiger partial charge is 0.353 e. The Balaban J connectivity index is 2.50. The van der Waals surface area contributed by atoms with Crippen molar-refractivity contribution in [1.29, 1.82) is 0 Å². The van der Waals surface area contributed by atoms with Crippen molar-refractivity contribution in [2.24, 2.45) is 0 Å². The van der Waals surface area contributed by atoms with Crippen LogP contribution in [0.2, 0.25) is 0 Å². The van der Waals surface area contributed by atoms with Crippen LogP contribution in [0.3, 0.4) is 0 Å². The number of methoxy groups -OCH3 is 1. The van der Waals surface area contributed by atoms with E-state index in [2.05, 4.69) is 10.2 Å². The molecule has 0 aliphatic heterocycles. The first-order valence-electron chi connectivity index (χ1n) is 4.88. The summed E-state index contributed by atoms with van der Waals surface area (Å²) in [5.74, 6) is -2.23. The Hall–Kier alpha value is -2.57. The number of aromatic hydroxyl groups is 1. The first kappa shape index (κ1) is 11.9. The first-order chi connectivity index (χ1) is 8.52. The van der Waals surface area contributed by atoms with Crippen molar-refractivity contribution in [3.05, 3.63) is 29.7 Å². The Labute approximate surface area is 101 Å². The Kier molecular flexibility index (Phi) is 2.88. The number of H-pyrrole nitrogens is 1. The first-order valence-corrected chi connectivity index (χ1v) is 4.88. The highest BCUT2D eigenvalue weighted by Gasteiger charge is 2.15. The maximum Gasteiger partial charge on any atom is 0.353 e. The van der Waals surface area contributed by atoms with Gasteiger partial charge >= 0.3 is 5.97 Å². The molecule has 0 fully saturated rings. The van der Waals surface area contributed by atoms with Crippen LogP contribution in [0.15, 0.2) is 18.2 Å². The van der Waals surface area contributed by atoms with E-state index in [-0.39, 0.29) is 28.5 Å². The maximum absolute atomic E-state index is 13.5. The molecular formula is C11H9FN2O4. The van der Waals surface area contributed by atoms with Crippen LogP contribution in [0.25, 0.3) is 11.3 Å². The zero-order chi connectivity index (χ0) is 13.3. The third-order valence-electron chi connectivity index (χ3n) is 2.35. The van der Waals surface area contributed by atoms with Gasteiger partial charge in [0.05, 0.1) is 12.8 Å². The molecule has 2 aromatic rings.